The molecular weight excluding hydrogens is 283 g/mol. The fourth-order valence-electron chi connectivity index (χ4n) is 1.54. The minimum Gasteiger partial charge on any atom is -0.324 e. The Labute approximate surface area is 118 Å². The van der Waals surface area contributed by atoms with Crippen LogP contribution in [0.15, 0.2) is 12.1 Å². The highest BCUT2D eigenvalue weighted by atomic mass is 35.5. The Balaban J connectivity index is 0.00000256. The van der Waals surface area contributed by atoms with Gasteiger partial charge in [0, 0.05) is 16.6 Å². The van der Waals surface area contributed by atoms with Crippen molar-refractivity contribution >= 4 is 35.6 Å². The van der Waals surface area contributed by atoms with Gasteiger partial charge in [0.05, 0.1) is 5.02 Å². The van der Waals surface area contributed by atoms with Gasteiger partial charge in [0.2, 0.25) is 0 Å². The summed E-state index contributed by atoms with van der Waals surface area (Å²) in [5.74, 6) is 0.0393. The van der Waals surface area contributed by atoms with Gasteiger partial charge in [-0.05, 0) is 30.9 Å². The molecule has 98 valence electrons. The lowest BCUT2D eigenvalue weighted by Gasteiger charge is -2.16. The maximum absolute atomic E-state index is 13.7. The summed E-state index contributed by atoms with van der Waals surface area (Å²) in [6.45, 7) is 4.20. The predicted octanol–water partition coefficient (Wildman–Crippen LogP) is 4.99. The fraction of sp³-hybridized carbons (Fsp3) is 0.500. The highest BCUT2D eigenvalue weighted by Gasteiger charge is 2.18. The van der Waals surface area contributed by atoms with E-state index in [2.05, 4.69) is 13.8 Å². The molecule has 0 bridgehead atoms. The van der Waals surface area contributed by atoms with Gasteiger partial charge in [-0.2, -0.15) is 0 Å². The Hall–Kier alpha value is -0.0200. The lowest BCUT2D eigenvalue weighted by molar-refractivity contribution is 0.491. The number of hydrogen-bond acceptors (Lipinski definition) is 1. The molecule has 0 spiro atoms. The second kappa shape index (κ2) is 7.42. The zero-order valence-electron chi connectivity index (χ0n) is 9.84. The molecule has 0 aromatic heterocycles. The molecule has 1 rings (SSSR count). The van der Waals surface area contributed by atoms with Crippen LogP contribution in [-0.4, -0.2) is 0 Å². The van der Waals surface area contributed by atoms with E-state index in [4.69, 9.17) is 28.9 Å². The fourth-order valence-corrected chi connectivity index (χ4v) is 1.99. The molecule has 0 unspecified atom stereocenters. The molecule has 1 aromatic carbocycles. The Morgan fingerprint density at radius 3 is 2.24 bits per heavy atom. The van der Waals surface area contributed by atoms with Crippen molar-refractivity contribution in [3.63, 3.8) is 0 Å². The van der Waals surface area contributed by atoms with Crippen LogP contribution in [0.3, 0.4) is 0 Å². The van der Waals surface area contributed by atoms with Gasteiger partial charge in [0.25, 0.3) is 0 Å². The van der Waals surface area contributed by atoms with Crippen molar-refractivity contribution in [2.75, 3.05) is 0 Å². The molecule has 0 aliphatic heterocycles. The number of hydrogen-bond donors (Lipinski definition) is 1. The molecule has 5 heteroatoms. The maximum atomic E-state index is 13.7. The molecule has 0 fully saturated rings. The first kappa shape index (κ1) is 17.0. The van der Waals surface area contributed by atoms with Crippen molar-refractivity contribution in [1.82, 2.24) is 0 Å². The Bertz CT molecular complexity index is 369. The van der Waals surface area contributed by atoms with E-state index >= 15 is 0 Å². The summed E-state index contributed by atoms with van der Waals surface area (Å²) in [5, 5.41) is 0.414. The SMILES string of the molecule is CC(C)CC[C@H](N)c1c(Cl)ccc(Cl)c1F.Cl. The molecule has 0 saturated heterocycles. The summed E-state index contributed by atoms with van der Waals surface area (Å²) in [4.78, 5) is 0. The Morgan fingerprint density at radius 2 is 1.71 bits per heavy atom. The highest BCUT2D eigenvalue weighted by Crippen LogP contribution is 2.31. The topological polar surface area (TPSA) is 26.0 Å². The van der Waals surface area contributed by atoms with Crippen molar-refractivity contribution in [2.45, 2.75) is 32.7 Å². The van der Waals surface area contributed by atoms with Crippen LogP contribution >= 0.6 is 35.6 Å². The minimum atomic E-state index is -0.495. The van der Waals surface area contributed by atoms with Gasteiger partial charge in [-0.1, -0.05) is 37.0 Å². The van der Waals surface area contributed by atoms with Crippen molar-refractivity contribution < 1.29 is 4.39 Å². The summed E-state index contributed by atoms with van der Waals surface area (Å²) in [6, 6.07) is 2.63. The minimum absolute atomic E-state index is 0. The van der Waals surface area contributed by atoms with E-state index in [-0.39, 0.29) is 17.4 Å². The first-order chi connectivity index (χ1) is 7.43. The van der Waals surface area contributed by atoms with Gasteiger partial charge in [-0.25, -0.2) is 4.39 Å². The predicted molar refractivity (Wildman–Crippen MR) is 74.7 cm³/mol. The first-order valence-electron chi connectivity index (χ1n) is 5.32. The highest BCUT2D eigenvalue weighted by molar-refractivity contribution is 6.33. The normalized spacial score (nSPS) is 12.4. The van der Waals surface area contributed by atoms with Gasteiger partial charge in [-0.15, -0.1) is 12.4 Å². The number of benzene rings is 1. The van der Waals surface area contributed by atoms with Crippen LogP contribution in [0.4, 0.5) is 4.39 Å². The third-order valence-electron chi connectivity index (χ3n) is 2.51. The molecule has 0 heterocycles. The first-order valence-corrected chi connectivity index (χ1v) is 6.08. The van der Waals surface area contributed by atoms with E-state index in [1.807, 2.05) is 0 Å². The lowest BCUT2D eigenvalue weighted by atomic mass is 9.98. The number of rotatable bonds is 4. The van der Waals surface area contributed by atoms with Crippen LogP contribution in [0.1, 0.15) is 38.3 Å². The molecule has 0 radical (unpaired) electrons. The average molecular weight is 301 g/mol. The summed E-state index contributed by atoms with van der Waals surface area (Å²) in [7, 11) is 0. The third kappa shape index (κ3) is 4.63. The molecule has 1 nitrogen and oxygen atoms in total. The van der Waals surface area contributed by atoms with E-state index in [9.17, 15) is 4.39 Å². The third-order valence-corrected chi connectivity index (χ3v) is 3.13. The van der Waals surface area contributed by atoms with E-state index in [1.165, 1.54) is 6.07 Å². The summed E-state index contributed by atoms with van der Waals surface area (Å²) in [6.07, 6.45) is 1.64. The van der Waals surface area contributed by atoms with Crippen molar-refractivity contribution in [3.8, 4) is 0 Å². The van der Waals surface area contributed by atoms with Crippen LogP contribution in [0.5, 0.6) is 0 Å². The molecule has 0 saturated carbocycles. The number of nitrogens with two attached hydrogens (primary N) is 1. The molecule has 1 aromatic rings. The molecule has 0 aliphatic rings. The average Bonchev–Trinajstić information content (AvgIpc) is 2.21. The zero-order chi connectivity index (χ0) is 12.3. The zero-order valence-corrected chi connectivity index (χ0v) is 12.2. The van der Waals surface area contributed by atoms with E-state index in [1.54, 1.807) is 6.07 Å². The van der Waals surface area contributed by atoms with Gasteiger partial charge in [-0.3, -0.25) is 0 Å². The Kier molecular flexibility index (Phi) is 7.41. The van der Waals surface area contributed by atoms with Crippen LogP contribution in [0.2, 0.25) is 10.0 Å². The standard InChI is InChI=1S/C12H16Cl2FN.ClH/c1-7(2)3-6-10(16)11-8(13)4-5-9(14)12(11)15;/h4-5,7,10H,3,6,16H2,1-2H3;1H/t10-;/m0./s1. The van der Waals surface area contributed by atoms with Gasteiger partial charge in [0.15, 0.2) is 0 Å². The molecule has 1 atom stereocenters. The van der Waals surface area contributed by atoms with Crippen LogP contribution in [-0.2, 0) is 0 Å². The van der Waals surface area contributed by atoms with Crippen LogP contribution in [0.25, 0.3) is 0 Å². The van der Waals surface area contributed by atoms with Gasteiger partial charge < -0.3 is 5.73 Å². The quantitative estimate of drug-likeness (QED) is 0.779. The van der Waals surface area contributed by atoms with Crippen molar-refractivity contribution in [3.05, 3.63) is 33.6 Å². The van der Waals surface area contributed by atoms with Crippen LogP contribution in [0, 0.1) is 11.7 Å². The second-order valence-corrected chi connectivity index (χ2v) is 5.15. The lowest BCUT2D eigenvalue weighted by Crippen LogP contribution is -2.14. The molecule has 0 aliphatic carbocycles. The molecule has 17 heavy (non-hydrogen) atoms. The van der Waals surface area contributed by atoms with Gasteiger partial charge in [0.1, 0.15) is 5.82 Å². The van der Waals surface area contributed by atoms with Gasteiger partial charge >= 0.3 is 0 Å². The van der Waals surface area contributed by atoms with Crippen molar-refractivity contribution in [1.29, 1.82) is 0 Å². The van der Waals surface area contributed by atoms with E-state index in [0.717, 1.165) is 6.42 Å². The molecular formula is C12H17Cl3FN. The van der Waals surface area contributed by atoms with E-state index in [0.29, 0.717) is 22.9 Å². The number of halogens is 4. The smallest absolute Gasteiger partial charge is 0.148 e. The molecule has 2 N–H and O–H groups in total. The largest absolute Gasteiger partial charge is 0.324 e. The summed E-state index contributed by atoms with van der Waals surface area (Å²) in [5.41, 5.74) is 6.26. The Morgan fingerprint density at radius 1 is 1.18 bits per heavy atom. The maximum Gasteiger partial charge on any atom is 0.148 e. The molecule has 0 amide bonds. The van der Waals surface area contributed by atoms with E-state index < -0.39 is 11.9 Å². The second-order valence-electron chi connectivity index (χ2n) is 4.33. The monoisotopic (exact) mass is 299 g/mol. The summed E-state index contributed by atoms with van der Waals surface area (Å²) >= 11 is 11.6. The van der Waals surface area contributed by atoms with Crippen LogP contribution < -0.4 is 5.73 Å². The summed E-state index contributed by atoms with van der Waals surface area (Å²) < 4.78 is 13.7. The van der Waals surface area contributed by atoms with Crippen molar-refractivity contribution in [2.24, 2.45) is 11.7 Å².